The number of fused-ring (bicyclic) bond motifs is 2. The van der Waals surface area contributed by atoms with E-state index >= 15 is 0 Å². The van der Waals surface area contributed by atoms with Crippen molar-refractivity contribution in [1.29, 1.82) is 0 Å². The first kappa shape index (κ1) is 15.5. The van der Waals surface area contributed by atoms with Crippen molar-refractivity contribution in [1.82, 2.24) is 24.5 Å². The number of H-pyrrole nitrogens is 1. The lowest BCUT2D eigenvalue weighted by Gasteiger charge is -2.07. The van der Waals surface area contributed by atoms with E-state index in [4.69, 9.17) is 4.98 Å². The van der Waals surface area contributed by atoms with Gasteiger partial charge in [0.25, 0.3) is 0 Å². The van der Waals surface area contributed by atoms with Gasteiger partial charge in [-0.05, 0) is 17.7 Å². The Labute approximate surface area is 154 Å². The van der Waals surface area contributed by atoms with Gasteiger partial charge in [-0.15, -0.1) is 0 Å². The molecule has 0 radical (unpaired) electrons. The summed E-state index contributed by atoms with van der Waals surface area (Å²) in [6.45, 7) is 0.439. The van der Waals surface area contributed by atoms with Crippen molar-refractivity contribution in [3.05, 3.63) is 89.1 Å². The Morgan fingerprint density at radius 1 is 0.926 bits per heavy atom. The van der Waals surface area contributed by atoms with E-state index in [0.29, 0.717) is 23.5 Å². The summed E-state index contributed by atoms with van der Waals surface area (Å²) in [6, 6.07) is 19.6. The van der Waals surface area contributed by atoms with Crippen molar-refractivity contribution in [2.75, 3.05) is 0 Å². The topological polar surface area (TPSA) is 76.5 Å². The predicted molar refractivity (Wildman–Crippen MR) is 104 cm³/mol. The third-order valence-corrected chi connectivity index (χ3v) is 4.59. The molecule has 130 valence electrons. The molecule has 3 heterocycles. The van der Waals surface area contributed by atoms with Gasteiger partial charge in [0.15, 0.2) is 11.3 Å². The lowest BCUT2D eigenvalue weighted by atomic mass is 10.1. The summed E-state index contributed by atoms with van der Waals surface area (Å²) in [6.07, 6.45) is 3.46. The van der Waals surface area contributed by atoms with Crippen LogP contribution in [-0.4, -0.2) is 24.5 Å². The van der Waals surface area contributed by atoms with Gasteiger partial charge in [-0.3, -0.25) is 14.5 Å². The van der Waals surface area contributed by atoms with Gasteiger partial charge in [-0.1, -0.05) is 48.5 Å². The Kier molecular flexibility index (Phi) is 3.53. The van der Waals surface area contributed by atoms with Crippen LogP contribution < -0.4 is 5.69 Å². The molecular weight excluding hydrogens is 338 g/mol. The van der Waals surface area contributed by atoms with Crippen LogP contribution >= 0.6 is 0 Å². The van der Waals surface area contributed by atoms with Crippen molar-refractivity contribution in [3.8, 4) is 11.3 Å². The predicted octanol–water partition coefficient (Wildman–Crippen LogP) is 3.38. The maximum absolute atomic E-state index is 12.4. The van der Waals surface area contributed by atoms with Gasteiger partial charge in [0.05, 0.1) is 24.0 Å². The highest BCUT2D eigenvalue weighted by Crippen LogP contribution is 2.26. The molecule has 2 aromatic carbocycles. The first-order valence-corrected chi connectivity index (χ1v) is 8.63. The van der Waals surface area contributed by atoms with Crippen LogP contribution in [-0.2, 0) is 6.54 Å². The quantitative estimate of drug-likeness (QED) is 0.539. The highest BCUT2D eigenvalue weighted by Gasteiger charge is 2.13. The third kappa shape index (κ3) is 2.67. The Hall–Kier alpha value is -3.80. The zero-order chi connectivity index (χ0) is 18.2. The number of pyridine rings is 1. The van der Waals surface area contributed by atoms with E-state index < -0.39 is 0 Å². The number of aromatic amines is 1. The van der Waals surface area contributed by atoms with Gasteiger partial charge in [0.1, 0.15) is 0 Å². The zero-order valence-electron chi connectivity index (χ0n) is 14.3. The summed E-state index contributed by atoms with van der Waals surface area (Å²) < 4.78 is 1.62. The van der Waals surface area contributed by atoms with Crippen LogP contribution in [0.5, 0.6) is 0 Å². The first-order chi connectivity index (χ1) is 13.3. The Morgan fingerprint density at radius 2 is 1.81 bits per heavy atom. The molecule has 0 saturated carbocycles. The minimum atomic E-state index is -0.217. The number of nitrogens with one attached hydrogen (secondary N) is 1. The monoisotopic (exact) mass is 353 g/mol. The molecule has 0 aliphatic rings. The number of rotatable bonds is 3. The number of nitrogens with zero attached hydrogens (tertiary/aromatic N) is 4. The molecule has 1 N–H and O–H groups in total. The molecule has 0 spiro atoms. The summed E-state index contributed by atoms with van der Waals surface area (Å²) in [7, 11) is 0. The van der Waals surface area contributed by atoms with E-state index in [1.54, 1.807) is 17.0 Å². The lowest BCUT2D eigenvalue weighted by molar-refractivity contribution is 0.778. The molecule has 0 unspecified atom stereocenters. The number of aromatic nitrogens is 5. The number of hydrogen-bond acceptors (Lipinski definition) is 4. The molecule has 0 aliphatic carbocycles. The fourth-order valence-electron chi connectivity index (χ4n) is 3.29. The summed E-state index contributed by atoms with van der Waals surface area (Å²) in [5, 5.41) is 1.00. The van der Waals surface area contributed by atoms with E-state index in [-0.39, 0.29) is 5.69 Å². The second kappa shape index (κ2) is 6.17. The fraction of sp³-hybridized carbons (Fsp3) is 0.0476. The molecule has 3 aromatic heterocycles. The Balaban J connectivity index is 1.69. The molecule has 6 nitrogen and oxygen atoms in total. The smallest absolute Gasteiger partial charge is 0.289 e. The minimum Gasteiger partial charge on any atom is -0.289 e. The Bertz CT molecular complexity index is 1320. The average molecular weight is 353 g/mol. The Morgan fingerprint density at radius 3 is 2.70 bits per heavy atom. The van der Waals surface area contributed by atoms with E-state index in [0.717, 1.165) is 22.0 Å². The van der Waals surface area contributed by atoms with Gasteiger partial charge >= 0.3 is 5.69 Å². The molecule has 0 amide bonds. The summed E-state index contributed by atoms with van der Waals surface area (Å²) in [5.41, 5.74) is 4.39. The molecular formula is C21H15N5O. The second-order valence-corrected chi connectivity index (χ2v) is 6.31. The van der Waals surface area contributed by atoms with Gasteiger partial charge in [0, 0.05) is 17.1 Å². The molecule has 6 heteroatoms. The molecule has 0 fully saturated rings. The lowest BCUT2D eigenvalue weighted by Crippen LogP contribution is -2.17. The van der Waals surface area contributed by atoms with Crippen molar-refractivity contribution in [3.63, 3.8) is 0 Å². The van der Waals surface area contributed by atoms with Gasteiger partial charge in [-0.2, -0.15) is 0 Å². The van der Waals surface area contributed by atoms with E-state index in [2.05, 4.69) is 15.0 Å². The first-order valence-electron chi connectivity index (χ1n) is 8.63. The summed E-state index contributed by atoms with van der Waals surface area (Å²) >= 11 is 0. The largest absolute Gasteiger partial charge is 0.329 e. The summed E-state index contributed by atoms with van der Waals surface area (Å²) in [4.78, 5) is 28.8. The van der Waals surface area contributed by atoms with E-state index in [9.17, 15) is 4.79 Å². The molecule has 0 saturated heterocycles. The van der Waals surface area contributed by atoms with E-state index in [1.807, 2.05) is 60.7 Å². The SMILES string of the molecule is O=c1[nH]c2ncc(-c3cccc4ncccc34)nc2n1Cc1ccccc1. The third-order valence-electron chi connectivity index (χ3n) is 4.59. The van der Waals surface area contributed by atoms with Crippen molar-refractivity contribution in [2.24, 2.45) is 0 Å². The van der Waals surface area contributed by atoms with Crippen molar-refractivity contribution >= 4 is 22.2 Å². The molecule has 5 rings (SSSR count). The van der Waals surface area contributed by atoms with Crippen LogP contribution in [0.2, 0.25) is 0 Å². The van der Waals surface area contributed by atoms with Crippen molar-refractivity contribution < 1.29 is 0 Å². The maximum Gasteiger partial charge on any atom is 0.329 e. The van der Waals surface area contributed by atoms with Crippen LogP contribution in [0.15, 0.2) is 77.9 Å². The van der Waals surface area contributed by atoms with Crippen LogP contribution in [0.1, 0.15) is 5.56 Å². The van der Waals surface area contributed by atoms with Gasteiger partial charge in [0.2, 0.25) is 0 Å². The average Bonchev–Trinajstić information content (AvgIpc) is 3.03. The van der Waals surface area contributed by atoms with Gasteiger partial charge in [-0.25, -0.2) is 14.8 Å². The molecule has 0 atom stereocenters. The number of benzene rings is 2. The molecule has 0 bridgehead atoms. The molecule has 0 aliphatic heterocycles. The van der Waals surface area contributed by atoms with Crippen LogP contribution in [0.3, 0.4) is 0 Å². The standard InChI is InChI=1S/C21H15N5O/c27-21-25-19-20(26(21)13-14-6-2-1-3-7-14)24-18(12-23-19)16-8-4-10-17-15(16)9-5-11-22-17/h1-12H,13H2,(H,23,25,27). The zero-order valence-corrected chi connectivity index (χ0v) is 14.3. The highest BCUT2D eigenvalue weighted by atomic mass is 16.1. The number of hydrogen-bond donors (Lipinski definition) is 1. The van der Waals surface area contributed by atoms with Crippen molar-refractivity contribution in [2.45, 2.75) is 6.54 Å². The van der Waals surface area contributed by atoms with Crippen LogP contribution in [0.25, 0.3) is 33.5 Å². The van der Waals surface area contributed by atoms with E-state index in [1.165, 1.54) is 0 Å². The normalized spacial score (nSPS) is 11.3. The summed E-state index contributed by atoms with van der Waals surface area (Å²) in [5.74, 6) is 0. The van der Waals surface area contributed by atoms with Crippen LogP contribution in [0.4, 0.5) is 0 Å². The maximum atomic E-state index is 12.4. The number of imidazole rings is 1. The van der Waals surface area contributed by atoms with Crippen LogP contribution in [0, 0.1) is 0 Å². The minimum absolute atomic E-state index is 0.217. The fourth-order valence-corrected chi connectivity index (χ4v) is 3.29. The second-order valence-electron chi connectivity index (χ2n) is 6.31. The highest BCUT2D eigenvalue weighted by molar-refractivity contribution is 5.93. The molecule has 27 heavy (non-hydrogen) atoms. The van der Waals surface area contributed by atoms with Gasteiger partial charge < -0.3 is 0 Å². The molecule has 5 aromatic rings.